The first-order valence-corrected chi connectivity index (χ1v) is 9.55. The van der Waals surface area contributed by atoms with E-state index in [0.29, 0.717) is 28.1 Å². The summed E-state index contributed by atoms with van der Waals surface area (Å²) in [6.07, 6.45) is 0. The summed E-state index contributed by atoms with van der Waals surface area (Å²) in [4.78, 5) is 33.0. The molecule has 5 rings (SSSR count). The number of carbonyl (C=O) groups excluding carboxylic acids is 1. The van der Waals surface area contributed by atoms with Crippen molar-refractivity contribution >= 4 is 22.7 Å². The zero-order chi connectivity index (χ0) is 20.8. The van der Waals surface area contributed by atoms with Crippen LogP contribution in [0.4, 0.5) is 5.82 Å². The fourth-order valence-corrected chi connectivity index (χ4v) is 3.95. The van der Waals surface area contributed by atoms with Gasteiger partial charge in [-0.2, -0.15) is 0 Å². The van der Waals surface area contributed by atoms with Gasteiger partial charge in [-0.05, 0) is 48.9 Å². The molecule has 2 aromatic heterocycles. The lowest BCUT2D eigenvalue weighted by Crippen LogP contribution is -2.30. The number of rotatable bonds is 3. The molecule has 0 spiro atoms. The van der Waals surface area contributed by atoms with Crippen molar-refractivity contribution in [2.24, 2.45) is 0 Å². The number of fused-ring (bicyclic) bond motifs is 2. The Labute approximate surface area is 172 Å². The van der Waals surface area contributed by atoms with Crippen LogP contribution in [-0.2, 0) is 0 Å². The van der Waals surface area contributed by atoms with E-state index in [4.69, 9.17) is 9.15 Å². The van der Waals surface area contributed by atoms with Gasteiger partial charge in [-0.1, -0.05) is 30.3 Å². The number of pyridine rings is 1. The molecule has 1 amide bonds. The van der Waals surface area contributed by atoms with E-state index in [0.717, 1.165) is 11.3 Å². The Morgan fingerprint density at radius 2 is 1.80 bits per heavy atom. The van der Waals surface area contributed by atoms with Crippen molar-refractivity contribution in [3.63, 3.8) is 0 Å². The number of amides is 1. The number of aryl methyl sites for hydroxylation is 1. The normalized spacial score (nSPS) is 15.5. The molecule has 0 saturated heterocycles. The standard InChI is InChI=1S/C24H18N2O4/c1-14-7-5-12-19(25-14)26-21(15-8-6-9-16(13-15)29-2)20-22(27)17-10-3-4-11-18(17)30-23(20)24(26)28/h3-13,21H,1-2H3. The van der Waals surface area contributed by atoms with Crippen molar-refractivity contribution in [3.05, 3.63) is 99.5 Å². The number of aromatic nitrogens is 1. The molecule has 3 heterocycles. The molecule has 0 saturated carbocycles. The Balaban J connectivity index is 1.82. The number of methoxy groups -OCH3 is 1. The molecule has 1 aliphatic rings. The molecule has 148 valence electrons. The molecule has 0 radical (unpaired) electrons. The van der Waals surface area contributed by atoms with Crippen LogP contribution in [0.2, 0.25) is 0 Å². The van der Waals surface area contributed by atoms with Gasteiger partial charge >= 0.3 is 0 Å². The van der Waals surface area contributed by atoms with Gasteiger partial charge in [0.1, 0.15) is 17.2 Å². The van der Waals surface area contributed by atoms with E-state index in [1.165, 1.54) is 4.90 Å². The Kier molecular flexibility index (Phi) is 4.13. The molecule has 0 N–H and O–H groups in total. The Hall–Kier alpha value is -3.93. The van der Waals surface area contributed by atoms with Crippen molar-refractivity contribution in [2.75, 3.05) is 12.0 Å². The van der Waals surface area contributed by atoms with Crippen molar-refractivity contribution in [1.82, 2.24) is 4.98 Å². The van der Waals surface area contributed by atoms with E-state index in [2.05, 4.69) is 4.98 Å². The molecule has 0 fully saturated rings. The van der Waals surface area contributed by atoms with Gasteiger partial charge < -0.3 is 9.15 Å². The minimum Gasteiger partial charge on any atom is -0.497 e. The molecule has 6 heteroatoms. The van der Waals surface area contributed by atoms with Crippen LogP contribution in [-0.4, -0.2) is 18.0 Å². The SMILES string of the molecule is COc1cccc(C2c3c(oc4ccccc4c3=O)C(=O)N2c2cccc(C)n2)c1. The van der Waals surface area contributed by atoms with Crippen LogP contribution in [0.1, 0.15) is 33.4 Å². The first-order valence-electron chi connectivity index (χ1n) is 9.55. The summed E-state index contributed by atoms with van der Waals surface area (Å²) in [7, 11) is 1.58. The lowest BCUT2D eigenvalue weighted by Gasteiger charge is -2.24. The van der Waals surface area contributed by atoms with Gasteiger partial charge in [0.2, 0.25) is 5.76 Å². The van der Waals surface area contributed by atoms with Crippen molar-refractivity contribution in [1.29, 1.82) is 0 Å². The second-order valence-electron chi connectivity index (χ2n) is 7.16. The molecule has 2 aromatic carbocycles. The topological polar surface area (TPSA) is 72.6 Å². The molecule has 4 aromatic rings. The fraction of sp³-hybridized carbons (Fsp3) is 0.125. The average molecular weight is 398 g/mol. The third-order valence-electron chi connectivity index (χ3n) is 5.31. The van der Waals surface area contributed by atoms with Gasteiger partial charge in [-0.15, -0.1) is 0 Å². The van der Waals surface area contributed by atoms with Crippen molar-refractivity contribution in [2.45, 2.75) is 13.0 Å². The molecule has 6 nitrogen and oxygen atoms in total. The second-order valence-corrected chi connectivity index (χ2v) is 7.16. The van der Waals surface area contributed by atoms with Crippen LogP contribution < -0.4 is 15.1 Å². The quantitative estimate of drug-likeness (QED) is 0.516. The maximum atomic E-state index is 13.5. The molecule has 30 heavy (non-hydrogen) atoms. The summed E-state index contributed by atoms with van der Waals surface area (Å²) < 4.78 is 11.3. The fourth-order valence-electron chi connectivity index (χ4n) is 3.95. The van der Waals surface area contributed by atoms with E-state index in [9.17, 15) is 9.59 Å². The zero-order valence-electron chi connectivity index (χ0n) is 16.5. The highest BCUT2D eigenvalue weighted by molar-refractivity contribution is 6.10. The minimum atomic E-state index is -0.669. The number of benzene rings is 2. The van der Waals surface area contributed by atoms with Gasteiger partial charge in [0, 0.05) is 5.69 Å². The van der Waals surface area contributed by atoms with E-state index in [1.807, 2.05) is 43.3 Å². The van der Waals surface area contributed by atoms with Gasteiger partial charge in [0.25, 0.3) is 5.91 Å². The third-order valence-corrected chi connectivity index (χ3v) is 5.31. The molecule has 1 unspecified atom stereocenters. The number of anilines is 1. The van der Waals surface area contributed by atoms with E-state index in [1.54, 1.807) is 37.4 Å². The first-order chi connectivity index (χ1) is 14.6. The summed E-state index contributed by atoms with van der Waals surface area (Å²) >= 11 is 0. The summed E-state index contributed by atoms with van der Waals surface area (Å²) in [6, 6.07) is 19.1. The van der Waals surface area contributed by atoms with E-state index < -0.39 is 11.9 Å². The van der Waals surface area contributed by atoms with Crippen molar-refractivity contribution < 1.29 is 13.9 Å². The van der Waals surface area contributed by atoms with Gasteiger partial charge in [0.05, 0.1) is 24.1 Å². The number of nitrogens with zero attached hydrogens (tertiary/aromatic N) is 2. The van der Waals surface area contributed by atoms with E-state index >= 15 is 0 Å². The highest BCUT2D eigenvalue weighted by Gasteiger charge is 2.44. The Morgan fingerprint density at radius 3 is 2.60 bits per heavy atom. The largest absolute Gasteiger partial charge is 0.497 e. The lowest BCUT2D eigenvalue weighted by atomic mass is 9.98. The third kappa shape index (κ3) is 2.69. The monoisotopic (exact) mass is 398 g/mol. The number of hydrogen-bond acceptors (Lipinski definition) is 5. The number of carbonyl (C=O) groups is 1. The maximum absolute atomic E-state index is 13.5. The Morgan fingerprint density at radius 1 is 1.00 bits per heavy atom. The number of ether oxygens (including phenoxy) is 1. The summed E-state index contributed by atoms with van der Waals surface area (Å²) in [5.41, 5.74) is 1.99. The highest BCUT2D eigenvalue weighted by Crippen LogP contribution is 2.41. The molecule has 1 aliphatic heterocycles. The predicted molar refractivity (Wildman–Crippen MR) is 113 cm³/mol. The second kappa shape index (κ2) is 6.84. The maximum Gasteiger partial charge on any atom is 0.296 e. The number of para-hydroxylation sites is 1. The molecular formula is C24H18N2O4. The molecule has 1 atom stereocenters. The molecule has 0 aliphatic carbocycles. The average Bonchev–Trinajstić information content (AvgIpc) is 3.06. The van der Waals surface area contributed by atoms with Crippen molar-refractivity contribution in [3.8, 4) is 5.75 Å². The van der Waals surface area contributed by atoms with Crippen LogP contribution in [0.5, 0.6) is 5.75 Å². The van der Waals surface area contributed by atoms with Gasteiger partial charge in [-0.3, -0.25) is 14.5 Å². The summed E-state index contributed by atoms with van der Waals surface area (Å²) in [6.45, 7) is 1.86. The molecule has 0 bridgehead atoms. The van der Waals surface area contributed by atoms with Gasteiger partial charge in [-0.25, -0.2) is 4.98 Å². The predicted octanol–water partition coefficient (Wildman–Crippen LogP) is 4.25. The summed E-state index contributed by atoms with van der Waals surface area (Å²) in [5.74, 6) is 0.756. The van der Waals surface area contributed by atoms with Gasteiger partial charge in [0.15, 0.2) is 5.43 Å². The number of hydrogen-bond donors (Lipinski definition) is 0. The van der Waals surface area contributed by atoms with Crippen LogP contribution >= 0.6 is 0 Å². The lowest BCUT2D eigenvalue weighted by molar-refractivity contribution is 0.0970. The Bertz CT molecular complexity index is 1360. The minimum absolute atomic E-state index is 0.0508. The zero-order valence-corrected chi connectivity index (χ0v) is 16.5. The van der Waals surface area contributed by atoms with Crippen LogP contribution in [0.15, 0.2) is 75.9 Å². The van der Waals surface area contributed by atoms with Crippen LogP contribution in [0.25, 0.3) is 11.0 Å². The highest BCUT2D eigenvalue weighted by atomic mass is 16.5. The first kappa shape index (κ1) is 18.1. The smallest absolute Gasteiger partial charge is 0.296 e. The van der Waals surface area contributed by atoms with Crippen LogP contribution in [0.3, 0.4) is 0 Å². The van der Waals surface area contributed by atoms with Crippen LogP contribution in [0, 0.1) is 6.92 Å². The van der Waals surface area contributed by atoms with E-state index in [-0.39, 0.29) is 11.2 Å². The summed E-state index contributed by atoms with van der Waals surface area (Å²) in [5, 5.41) is 0.441. The molecular weight excluding hydrogens is 380 g/mol.